The molecule has 0 fully saturated rings. The molecule has 4 nitrogen and oxygen atoms in total. The van der Waals surface area contributed by atoms with Crippen LogP contribution in [-0.2, 0) is 0 Å². The van der Waals surface area contributed by atoms with E-state index in [2.05, 4.69) is 9.98 Å². The van der Waals surface area contributed by atoms with Gasteiger partial charge in [-0.2, -0.15) is 0 Å². The quantitative estimate of drug-likeness (QED) is 0.649. The van der Waals surface area contributed by atoms with E-state index in [1.807, 2.05) is 0 Å². The van der Waals surface area contributed by atoms with E-state index >= 15 is 0 Å². The Morgan fingerprint density at radius 2 is 2.14 bits per heavy atom. The Morgan fingerprint density at radius 1 is 1.36 bits per heavy atom. The summed E-state index contributed by atoms with van der Waals surface area (Å²) in [7, 11) is 0. The summed E-state index contributed by atoms with van der Waals surface area (Å²) in [5.74, 6) is 0.0542. The fourth-order valence-corrected chi connectivity index (χ4v) is 1.38. The number of rotatable bonds is 1. The van der Waals surface area contributed by atoms with Crippen LogP contribution in [0.25, 0.3) is 0 Å². The van der Waals surface area contributed by atoms with Crippen LogP contribution >= 0.6 is 0 Å². The Labute approximate surface area is 82.3 Å². The van der Waals surface area contributed by atoms with E-state index in [4.69, 9.17) is 0 Å². The van der Waals surface area contributed by atoms with Crippen LogP contribution < -0.4 is 0 Å². The number of hydrogen-bond donors (Lipinski definition) is 0. The molecule has 0 saturated heterocycles. The van der Waals surface area contributed by atoms with Gasteiger partial charge in [0, 0.05) is 30.7 Å². The number of carbonyl (C=O) groups excluding carboxylic acids is 1. The number of pyridine rings is 1. The van der Waals surface area contributed by atoms with E-state index in [0.29, 0.717) is 25.2 Å². The van der Waals surface area contributed by atoms with Crippen molar-refractivity contribution in [3.63, 3.8) is 0 Å². The second kappa shape index (κ2) is 4.00. The van der Waals surface area contributed by atoms with Gasteiger partial charge < -0.3 is 4.90 Å². The molecular weight excluding hydrogens is 178 g/mol. The van der Waals surface area contributed by atoms with Crippen LogP contribution in [-0.4, -0.2) is 41.6 Å². The van der Waals surface area contributed by atoms with E-state index < -0.39 is 0 Å². The number of hydrogen-bond acceptors (Lipinski definition) is 3. The van der Waals surface area contributed by atoms with Crippen molar-refractivity contribution in [2.75, 3.05) is 19.6 Å². The van der Waals surface area contributed by atoms with Crippen molar-refractivity contribution in [1.29, 1.82) is 0 Å². The summed E-state index contributed by atoms with van der Waals surface area (Å²) >= 11 is 0. The molecule has 1 aliphatic rings. The van der Waals surface area contributed by atoms with Crippen LogP contribution in [0, 0.1) is 0 Å². The predicted octanol–water partition coefficient (Wildman–Crippen LogP) is 0.608. The van der Waals surface area contributed by atoms with Crippen LogP contribution in [0.5, 0.6) is 0 Å². The Balaban J connectivity index is 2.12. The van der Waals surface area contributed by atoms with Crippen molar-refractivity contribution < 1.29 is 4.79 Å². The van der Waals surface area contributed by atoms with Gasteiger partial charge in [-0.1, -0.05) is 0 Å². The van der Waals surface area contributed by atoms with Crippen molar-refractivity contribution in [3.8, 4) is 0 Å². The molecule has 4 heteroatoms. The highest BCUT2D eigenvalue weighted by Crippen LogP contribution is 2.04. The molecule has 0 spiro atoms. The standard InChI is InChI=1S/C10H11N3O/c14-10(9-1-3-11-4-2-9)13-7-5-12-6-8-13/h1-5H,6-8H2. The first-order valence-corrected chi connectivity index (χ1v) is 4.55. The molecule has 0 aromatic carbocycles. The lowest BCUT2D eigenvalue weighted by Crippen LogP contribution is -2.37. The summed E-state index contributed by atoms with van der Waals surface area (Å²) < 4.78 is 0. The van der Waals surface area contributed by atoms with Crippen LogP contribution in [0.3, 0.4) is 0 Å². The Bertz CT molecular complexity index is 348. The zero-order valence-corrected chi connectivity index (χ0v) is 7.76. The molecule has 0 radical (unpaired) electrons. The fourth-order valence-electron chi connectivity index (χ4n) is 1.38. The zero-order valence-electron chi connectivity index (χ0n) is 7.76. The minimum Gasteiger partial charge on any atom is -0.332 e. The van der Waals surface area contributed by atoms with Gasteiger partial charge in [-0.25, -0.2) is 0 Å². The number of nitrogens with zero attached hydrogens (tertiary/aromatic N) is 3. The van der Waals surface area contributed by atoms with Gasteiger partial charge in [0.1, 0.15) is 0 Å². The lowest BCUT2D eigenvalue weighted by Gasteiger charge is -2.22. The Hall–Kier alpha value is -1.71. The lowest BCUT2D eigenvalue weighted by molar-refractivity contribution is 0.0780. The van der Waals surface area contributed by atoms with Crippen molar-refractivity contribution >= 4 is 12.1 Å². The van der Waals surface area contributed by atoms with E-state index in [1.54, 1.807) is 35.6 Å². The van der Waals surface area contributed by atoms with Crippen molar-refractivity contribution in [2.45, 2.75) is 0 Å². The minimum absolute atomic E-state index is 0.0542. The lowest BCUT2D eigenvalue weighted by atomic mass is 10.2. The largest absolute Gasteiger partial charge is 0.332 e. The van der Waals surface area contributed by atoms with Gasteiger partial charge in [0.05, 0.1) is 13.1 Å². The summed E-state index contributed by atoms with van der Waals surface area (Å²) in [5, 5.41) is 0. The van der Waals surface area contributed by atoms with E-state index in [0.717, 1.165) is 0 Å². The van der Waals surface area contributed by atoms with Gasteiger partial charge >= 0.3 is 0 Å². The Kier molecular flexibility index (Phi) is 2.53. The van der Waals surface area contributed by atoms with E-state index in [-0.39, 0.29) is 5.91 Å². The SMILES string of the molecule is O=C(c1ccncc1)N1CC=NCC1. The third-order valence-electron chi connectivity index (χ3n) is 2.14. The fraction of sp³-hybridized carbons (Fsp3) is 0.300. The van der Waals surface area contributed by atoms with Gasteiger partial charge in [-0.15, -0.1) is 0 Å². The number of aliphatic imine (C=N–C) groups is 1. The molecule has 1 aromatic heterocycles. The number of amides is 1. The highest BCUT2D eigenvalue weighted by Gasteiger charge is 2.15. The van der Waals surface area contributed by atoms with Crippen LogP contribution in [0.15, 0.2) is 29.5 Å². The molecule has 2 rings (SSSR count). The highest BCUT2D eigenvalue weighted by molar-refractivity contribution is 5.95. The van der Waals surface area contributed by atoms with Crippen molar-refractivity contribution in [2.24, 2.45) is 4.99 Å². The van der Waals surface area contributed by atoms with Gasteiger partial charge in [0.25, 0.3) is 5.91 Å². The van der Waals surface area contributed by atoms with Crippen LogP contribution in [0.2, 0.25) is 0 Å². The molecule has 0 N–H and O–H groups in total. The van der Waals surface area contributed by atoms with Crippen molar-refractivity contribution in [3.05, 3.63) is 30.1 Å². The highest BCUT2D eigenvalue weighted by atomic mass is 16.2. The number of aromatic nitrogens is 1. The molecule has 1 aromatic rings. The molecule has 14 heavy (non-hydrogen) atoms. The number of carbonyl (C=O) groups is 1. The average molecular weight is 189 g/mol. The first kappa shape index (κ1) is 8.87. The molecule has 0 atom stereocenters. The molecule has 72 valence electrons. The Morgan fingerprint density at radius 3 is 2.79 bits per heavy atom. The second-order valence-corrected chi connectivity index (χ2v) is 3.08. The third kappa shape index (κ3) is 1.79. The van der Waals surface area contributed by atoms with Gasteiger partial charge in [-0.05, 0) is 12.1 Å². The van der Waals surface area contributed by atoms with Crippen molar-refractivity contribution in [1.82, 2.24) is 9.88 Å². The maximum absolute atomic E-state index is 11.8. The first-order chi connectivity index (χ1) is 6.88. The summed E-state index contributed by atoms with van der Waals surface area (Å²) in [6, 6.07) is 3.46. The molecule has 0 bridgehead atoms. The van der Waals surface area contributed by atoms with E-state index in [9.17, 15) is 4.79 Å². The topological polar surface area (TPSA) is 45.6 Å². The molecule has 0 saturated carbocycles. The molecule has 1 amide bonds. The van der Waals surface area contributed by atoms with E-state index in [1.165, 1.54) is 0 Å². The molecule has 1 aliphatic heterocycles. The summed E-state index contributed by atoms with van der Waals surface area (Å²) in [6.45, 7) is 2.02. The summed E-state index contributed by atoms with van der Waals surface area (Å²) in [5.41, 5.74) is 0.690. The summed E-state index contributed by atoms with van der Waals surface area (Å²) in [4.78, 5) is 21.6. The normalized spacial score (nSPS) is 15.6. The summed E-state index contributed by atoms with van der Waals surface area (Å²) in [6.07, 6.45) is 5.04. The maximum atomic E-state index is 11.8. The van der Waals surface area contributed by atoms with Gasteiger partial charge in [-0.3, -0.25) is 14.8 Å². The second-order valence-electron chi connectivity index (χ2n) is 3.08. The monoisotopic (exact) mass is 189 g/mol. The zero-order chi connectivity index (χ0) is 9.80. The smallest absolute Gasteiger partial charge is 0.254 e. The van der Waals surface area contributed by atoms with Crippen LogP contribution in [0.4, 0.5) is 0 Å². The molecule has 0 aliphatic carbocycles. The average Bonchev–Trinajstić information content (AvgIpc) is 2.30. The third-order valence-corrected chi connectivity index (χ3v) is 2.14. The molecular formula is C10H11N3O. The van der Waals surface area contributed by atoms with Gasteiger partial charge in [0.15, 0.2) is 0 Å². The molecule has 2 heterocycles. The minimum atomic E-state index is 0.0542. The maximum Gasteiger partial charge on any atom is 0.254 e. The predicted molar refractivity (Wildman–Crippen MR) is 53.5 cm³/mol. The van der Waals surface area contributed by atoms with Gasteiger partial charge in [0.2, 0.25) is 0 Å². The van der Waals surface area contributed by atoms with Crippen LogP contribution in [0.1, 0.15) is 10.4 Å². The first-order valence-electron chi connectivity index (χ1n) is 4.55. The molecule has 0 unspecified atom stereocenters.